The number of pyridine rings is 1. The molecule has 0 saturated carbocycles. The number of rotatable bonds is 3. The molecule has 2 rings (SSSR count). The Morgan fingerprint density at radius 2 is 2.20 bits per heavy atom. The first-order chi connectivity index (χ1) is 9.51. The summed E-state index contributed by atoms with van der Waals surface area (Å²) >= 11 is 5.82. The van der Waals surface area contributed by atoms with Gasteiger partial charge in [-0.15, -0.1) is 0 Å². The SMILES string of the molecule is N#Cc1ccc(Oc2ncc(C(=O)O)cc2Cl)cc1F. The quantitative estimate of drug-likeness (QED) is 0.939. The second kappa shape index (κ2) is 5.55. The van der Waals surface area contributed by atoms with Crippen LogP contribution in [0.2, 0.25) is 5.02 Å². The molecule has 7 heteroatoms. The van der Waals surface area contributed by atoms with Crippen molar-refractivity contribution >= 4 is 17.6 Å². The van der Waals surface area contributed by atoms with Crippen LogP contribution >= 0.6 is 11.6 Å². The minimum atomic E-state index is -1.17. The third-order valence-electron chi connectivity index (χ3n) is 2.33. The fourth-order valence-electron chi connectivity index (χ4n) is 1.38. The van der Waals surface area contributed by atoms with Gasteiger partial charge in [0, 0.05) is 12.3 Å². The van der Waals surface area contributed by atoms with Gasteiger partial charge in [0.25, 0.3) is 0 Å². The number of aromatic nitrogens is 1. The summed E-state index contributed by atoms with van der Waals surface area (Å²) in [6.45, 7) is 0. The predicted molar refractivity (Wildman–Crippen MR) is 67.4 cm³/mol. The van der Waals surface area contributed by atoms with Crippen LogP contribution in [-0.2, 0) is 0 Å². The Labute approximate surface area is 117 Å². The molecule has 0 aliphatic carbocycles. The summed E-state index contributed by atoms with van der Waals surface area (Å²) in [6, 6.07) is 6.50. The fourth-order valence-corrected chi connectivity index (χ4v) is 1.58. The Hall–Kier alpha value is -2.65. The molecule has 1 N–H and O–H groups in total. The van der Waals surface area contributed by atoms with Crippen LogP contribution in [0.1, 0.15) is 15.9 Å². The lowest BCUT2D eigenvalue weighted by molar-refractivity contribution is 0.0696. The van der Waals surface area contributed by atoms with Crippen molar-refractivity contribution in [2.24, 2.45) is 0 Å². The first-order valence-corrected chi connectivity index (χ1v) is 5.65. The van der Waals surface area contributed by atoms with Crippen LogP contribution in [0.4, 0.5) is 4.39 Å². The average molecular weight is 293 g/mol. The molecule has 2 aromatic rings. The smallest absolute Gasteiger partial charge is 0.337 e. The zero-order valence-corrected chi connectivity index (χ0v) is 10.6. The van der Waals surface area contributed by atoms with E-state index >= 15 is 0 Å². The van der Waals surface area contributed by atoms with E-state index in [-0.39, 0.29) is 27.8 Å². The highest BCUT2D eigenvalue weighted by Crippen LogP contribution is 2.28. The van der Waals surface area contributed by atoms with Gasteiger partial charge in [0.2, 0.25) is 5.88 Å². The zero-order chi connectivity index (χ0) is 14.7. The summed E-state index contributed by atoms with van der Waals surface area (Å²) in [6.07, 6.45) is 1.07. The van der Waals surface area contributed by atoms with Crippen LogP contribution in [0.25, 0.3) is 0 Å². The molecule has 0 radical (unpaired) electrons. The second-order valence-electron chi connectivity index (χ2n) is 3.67. The first-order valence-electron chi connectivity index (χ1n) is 5.27. The van der Waals surface area contributed by atoms with Gasteiger partial charge in [0.1, 0.15) is 22.7 Å². The minimum Gasteiger partial charge on any atom is -0.478 e. The summed E-state index contributed by atoms with van der Waals surface area (Å²) in [7, 11) is 0. The predicted octanol–water partition coefficient (Wildman–Crippen LogP) is 3.24. The molecular weight excluding hydrogens is 287 g/mol. The number of benzene rings is 1. The van der Waals surface area contributed by atoms with Gasteiger partial charge in [0.15, 0.2) is 0 Å². The van der Waals surface area contributed by atoms with Gasteiger partial charge in [-0.3, -0.25) is 0 Å². The Morgan fingerprint density at radius 1 is 1.45 bits per heavy atom. The summed E-state index contributed by atoms with van der Waals surface area (Å²) < 4.78 is 18.6. The zero-order valence-electron chi connectivity index (χ0n) is 9.80. The van der Waals surface area contributed by atoms with Gasteiger partial charge in [-0.2, -0.15) is 5.26 Å². The van der Waals surface area contributed by atoms with Crippen molar-refractivity contribution in [3.05, 3.63) is 52.4 Å². The lowest BCUT2D eigenvalue weighted by atomic mass is 10.2. The van der Waals surface area contributed by atoms with Crippen molar-refractivity contribution < 1.29 is 19.0 Å². The number of aromatic carboxylic acids is 1. The first kappa shape index (κ1) is 13.8. The molecule has 0 aliphatic rings. The number of carboxylic acids is 1. The van der Waals surface area contributed by atoms with Crippen LogP contribution in [0.15, 0.2) is 30.5 Å². The van der Waals surface area contributed by atoms with E-state index in [1.165, 1.54) is 18.2 Å². The molecule has 0 saturated heterocycles. The van der Waals surface area contributed by atoms with E-state index in [1.807, 2.05) is 0 Å². The number of hydrogen-bond acceptors (Lipinski definition) is 4. The van der Waals surface area contributed by atoms with Crippen LogP contribution in [0.3, 0.4) is 0 Å². The standard InChI is InChI=1S/C13H6ClFN2O3/c14-10-3-8(13(18)19)6-17-12(10)20-9-2-1-7(5-16)11(15)4-9/h1-4,6H,(H,18,19). The molecule has 1 aromatic carbocycles. The van der Waals surface area contributed by atoms with Gasteiger partial charge < -0.3 is 9.84 Å². The Kier molecular flexibility index (Phi) is 3.82. The molecule has 0 unspecified atom stereocenters. The van der Waals surface area contributed by atoms with E-state index in [9.17, 15) is 9.18 Å². The summed E-state index contributed by atoms with van der Waals surface area (Å²) in [4.78, 5) is 14.5. The van der Waals surface area contributed by atoms with Gasteiger partial charge in [-0.25, -0.2) is 14.2 Å². The number of ether oxygens (including phenoxy) is 1. The van der Waals surface area contributed by atoms with Crippen molar-refractivity contribution in [3.8, 4) is 17.7 Å². The minimum absolute atomic E-state index is 0.0188. The molecule has 20 heavy (non-hydrogen) atoms. The van der Waals surface area contributed by atoms with Crippen LogP contribution in [-0.4, -0.2) is 16.1 Å². The molecule has 0 spiro atoms. The molecule has 0 aliphatic heterocycles. The molecule has 100 valence electrons. The van der Waals surface area contributed by atoms with Gasteiger partial charge in [0.05, 0.1) is 11.1 Å². The highest BCUT2D eigenvalue weighted by atomic mass is 35.5. The molecule has 0 bridgehead atoms. The summed E-state index contributed by atoms with van der Waals surface area (Å²) in [5, 5.41) is 17.4. The van der Waals surface area contributed by atoms with Crippen molar-refractivity contribution in [2.45, 2.75) is 0 Å². The van der Waals surface area contributed by atoms with Crippen LogP contribution in [0, 0.1) is 17.1 Å². The van der Waals surface area contributed by atoms with E-state index in [0.29, 0.717) is 0 Å². The number of carbonyl (C=O) groups is 1. The van der Waals surface area contributed by atoms with Crippen molar-refractivity contribution in [3.63, 3.8) is 0 Å². The largest absolute Gasteiger partial charge is 0.478 e. The Morgan fingerprint density at radius 3 is 2.75 bits per heavy atom. The van der Waals surface area contributed by atoms with E-state index in [1.54, 1.807) is 6.07 Å². The second-order valence-corrected chi connectivity index (χ2v) is 4.08. The van der Waals surface area contributed by atoms with Crippen LogP contribution < -0.4 is 4.74 Å². The maximum Gasteiger partial charge on any atom is 0.337 e. The summed E-state index contributed by atoms with van der Waals surface area (Å²) in [5.41, 5.74) is -0.203. The van der Waals surface area contributed by atoms with Crippen molar-refractivity contribution in [1.29, 1.82) is 5.26 Å². The Balaban J connectivity index is 2.29. The normalized spacial score (nSPS) is 9.85. The Bertz CT molecular complexity index is 728. The molecule has 5 nitrogen and oxygen atoms in total. The van der Waals surface area contributed by atoms with E-state index < -0.39 is 11.8 Å². The summed E-state index contributed by atoms with van der Waals surface area (Å²) in [5.74, 6) is -1.86. The molecule has 0 amide bonds. The van der Waals surface area contributed by atoms with Gasteiger partial charge in [-0.05, 0) is 18.2 Å². The molecule has 0 atom stereocenters. The highest BCUT2D eigenvalue weighted by Gasteiger charge is 2.11. The molecule has 0 fully saturated rings. The van der Waals surface area contributed by atoms with E-state index in [0.717, 1.165) is 12.3 Å². The number of nitrogens with zero attached hydrogens (tertiary/aromatic N) is 2. The highest BCUT2D eigenvalue weighted by molar-refractivity contribution is 6.32. The topological polar surface area (TPSA) is 83.2 Å². The monoisotopic (exact) mass is 292 g/mol. The molecular formula is C13H6ClFN2O3. The van der Waals surface area contributed by atoms with Gasteiger partial charge in [-0.1, -0.05) is 11.6 Å². The van der Waals surface area contributed by atoms with Crippen molar-refractivity contribution in [1.82, 2.24) is 4.98 Å². The number of carboxylic acid groups (broad SMARTS) is 1. The third kappa shape index (κ3) is 2.84. The maximum absolute atomic E-state index is 13.4. The molecule has 1 aromatic heterocycles. The van der Waals surface area contributed by atoms with Crippen LogP contribution in [0.5, 0.6) is 11.6 Å². The third-order valence-corrected chi connectivity index (χ3v) is 2.60. The maximum atomic E-state index is 13.4. The fraction of sp³-hybridized carbons (Fsp3) is 0. The van der Waals surface area contributed by atoms with E-state index in [2.05, 4.69) is 4.98 Å². The molecule has 1 heterocycles. The lowest BCUT2D eigenvalue weighted by Gasteiger charge is -2.07. The number of nitriles is 1. The van der Waals surface area contributed by atoms with Gasteiger partial charge >= 0.3 is 5.97 Å². The average Bonchev–Trinajstić information content (AvgIpc) is 2.41. The van der Waals surface area contributed by atoms with E-state index in [4.69, 9.17) is 26.7 Å². The number of halogens is 2. The number of hydrogen-bond donors (Lipinski definition) is 1. The van der Waals surface area contributed by atoms with Crippen molar-refractivity contribution in [2.75, 3.05) is 0 Å². The lowest BCUT2D eigenvalue weighted by Crippen LogP contribution is -1.98.